The van der Waals surface area contributed by atoms with E-state index in [1.807, 2.05) is 0 Å². The van der Waals surface area contributed by atoms with Crippen LogP contribution in [-0.2, 0) is 9.53 Å². The van der Waals surface area contributed by atoms with Crippen molar-refractivity contribution in [1.82, 2.24) is 15.5 Å². The lowest BCUT2D eigenvalue weighted by Crippen LogP contribution is -2.43. The van der Waals surface area contributed by atoms with Gasteiger partial charge in [0.25, 0.3) is 0 Å². The zero-order valence-electron chi connectivity index (χ0n) is 11.7. The van der Waals surface area contributed by atoms with Crippen LogP contribution < -0.4 is 10.6 Å². The monoisotopic (exact) mass is 257 g/mol. The van der Waals surface area contributed by atoms with Gasteiger partial charge < -0.3 is 20.3 Å². The summed E-state index contributed by atoms with van der Waals surface area (Å²) in [5.41, 5.74) is 0. The molecule has 18 heavy (non-hydrogen) atoms. The molecule has 106 valence electrons. The van der Waals surface area contributed by atoms with Gasteiger partial charge in [0.05, 0.1) is 6.61 Å². The van der Waals surface area contributed by atoms with Crippen molar-refractivity contribution >= 4 is 5.91 Å². The highest BCUT2D eigenvalue weighted by molar-refractivity contribution is 5.75. The molecule has 1 heterocycles. The van der Waals surface area contributed by atoms with E-state index in [4.69, 9.17) is 4.74 Å². The number of hydrogen-bond donors (Lipinski definition) is 2. The minimum atomic E-state index is 0.0940. The molecule has 5 nitrogen and oxygen atoms in total. The number of carbonyl (C=O) groups is 1. The number of amides is 1. The largest absolute Gasteiger partial charge is 0.383 e. The maximum absolute atomic E-state index is 11.4. The minimum absolute atomic E-state index is 0.0940. The molecule has 0 radical (unpaired) electrons. The molecule has 0 aliphatic carbocycles. The first-order valence-corrected chi connectivity index (χ1v) is 6.90. The zero-order chi connectivity index (χ0) is 13.2. The molecule has 0 aromatic rings. The number of hydrogen-bond acceptors (Lipinski definition) is 4. The molecule has 5 heteroatoms. The van der Waals surface area contributed by atoms with Crippen molar-refractivity contribution < 1.29 is 9.53 Å². The predicted octanol–water partition coefficient (Wildman–Crippen LogP) is 0.213. The van der Waals surface area contributed by atoms with Crippen LogP contribution in [0.15, 0.2) is 0 Å². The van der Waals surface area contributed by atoms with E-state index in [1.54, 1.807) is 7.11 Å². The molecular weight excluding hydrogens is 230 g/mol. The van der Waals surface area contributed by atoms with Crippen molar-refractivity contribution in [3.8, 4) is 0 Å². The number of likely N-dealkylation sites (N-methyl/N-ethyl adjacent to an activating group) is 1. The zero-order valence-corrected chi connectivity index (χ0v) is 11.7. The lowest BCUT2D eigenvalue weighted by atomic mass is 10.0. The Hall–Kier alpha value is -0.650. The number of nitrogens with one attached hydrogen (secondary N) is 2. The van der Waals surface area contributed by atoms with E-state index in [9.17, 15) is 4.79 Å². The Morgan fingerprint density at radius 2 is 2.22 bits per heavy atom. The van der Waals surface area contributed by atoms with Gasteiger partial charge in [-0.2, -0.15) is 0 Å². The van der Waals surface area contributed by atoms with Gasteiger partial charge in [-0.15, -0.1) is 0 Å². The molecular formula is C13H27N3O2. The van der Waals surface area contributed by atoms with Crippen LogP contribution in [0.1, 0.15) is 25.7 Å². The Labute approximate surface area is 110 Å². The first-order chi connectivity index (χ1) is 8.74. The van der Waals surface area contributed by atoms with Crippen molar-refractivity contribution in [3.05, 3.63) is 0 Å². The van der Waals surface area contributed by atoms with E-state index in [-0.39, 0.29) is 5.91 Å². The van der Waals surface area contributed by atoms with E-state index >= 15 is 0 Å². The summed E-state index contributed by atoms with van der Waals surface area (Å²) < 4.78 is 4.87. The maximum atomic E-state index is 11.4. The summed E-state index contributed by atoms with van der Waals surface area (Å²) in [5, 5.41) is 6.19. The Balaban J connectivity index is 1.98. The number of methoxy groups -OCH3 is 1. The molecule has 0 bridgehead atoms. The molecule has 0 aromatic heterocycles. The van der Waals surface area contributed by atoms with E-state index in [0.717, 1.165) is 13.1 Å². The molecule has 1 amide bonds. The molecule has 0 aromatic carbocycles. The van der Waals surface area contributed by atoms with Gasteiger partial charge in [-0.1, -0.05) is 6.42 Å². The summed E-state index contributed by atoms with van der Waals surface area (Å²) in [6.45, 7) is 4.11. The average Bonchev–Trinajstić information content (AvgIpc) is 2.37. The summed E-state index contributed by atoms with van der Waals surface area (Å²) >= 11 is 0. The topological polar surface area (TPSA) is 53.6 Å². The first kappa shape index (κ1) is 15.4. The van der Waals surface area contributed by atoms with Gasteiger partial charge in [-0.05, 0) is 26.4 Å². The molecule has 0 spiro atoms. The molecule has 0 saturated carbocycles. The fourth-order valence-corrected chi connectivity index (χ4v) is 2.25. The molecule has 1 unspecified atom stereocenters. The smallest absolute Gasteiger partial charge is 0.221 e. The van der Waals surface area contributed by atoms with Crippen LogP contribution in [-0.4, -0.2) is 63.8 Å². The Kier molecular flexibility index (Phi) is 7.96. The van der Waals surface area contributed by atoms with E-state index in [0.29, 0.717) is 25.6 Å². The van der Waals surface area contributed by atoms with Gasteiger partial charge in [0.2, 0.25) is 5.91 Å². The van der Waals surface area contributed by atoms with Crippen molar-refractivity contribution in [3.63, 3.8) is 0 Å². The number of rotatable bonds is 8. The second-order valence-corrected chi connectivity index (χ2v) is 4.93. The normalized spacial score (nSPS) is 20.9. The second-order valence-electron chi connectivity index (χ2n) is 4.93. The van der Waals surface area contributed by atoms with Gasteiger partial charge in [-0.3, -0.25) is 4.79 Å². The van der Waals surface area contributed by atoms with Crippen LogP contribution in [0.3, 0.4) is 0 Å². The fourth-order valence-electron chi connectivity index (χ4n) is 2.25. The van der Waals surface area contributed by atoms with Gasteiger partial charge >= 0.3 is 0 Å². The lowest BCUT2D eigenvalue weighted by molar-refractivity contribution is -0.121. The third-order valence-corrected chi connectivity index (χ3v) is 3.46. The number of carbonyl (C=O) groups excluding carboxylic acids is 1. The molecule has 1 saturated heterocycles. The minimum Gasteiger partial charge on any atom is -0.383 e. The van der Waals surface area contributed by atoms with Gasteiger partial charge in [-0.25, -0.2) is 0 Å². The predicted molar refractivity (Wildman–Crippen MR) is 72.6 cm³/mol. The van der Waals surface area contributed by atoms with Crippen LogP contribution in [0.5, 0.6) is 0 Å². The van der Waals surface area contributed by atoms with Crippen molar-refractivity contribution in [2.75, 3.05) is 46.9 Å². The van der Waals surface area contributed by atoms with E-state index in [2.05, 4.69) is 22.6 Å². The lowest BCUT2D eigenvalue weighted by Gasteiger charge is -2.32. The number of likely N-dealkylation sites (tertiary alicyclic amines) is 1. The fraction of sp³-hybridized carbons (Fsp3) is 0.923. The summed E-state index contributed by atoms with van der Waals surface area (Å²) in [6.07, 6.45) is 4.45. The van der Waals surface area contributed by atoms with Gasteiger partial charge in [0.15, 0.2) is 0 Å². The van der Waals surface area contributed by atoms with Crippen LogP contribution in [0.4, 0.5) is 0 Å². The van der Waals surface area contributed by atoms with Gasteiger partial charge in [0.1, 0.15) is 0 Å². The molecule has 2 N–H and O–H groups in total. The Morgan fingerprint density at radius 1 is 1.39 bits per heavy atom. The second kappa shape index (κ2) is 9.30. The number of nitrogens with zero attached hydrogens (tertiary/aromatic N) is 1. The van der Waals surface area contributed by atoms with Crippen molar-refractivity contribution in [1.29, 1.82) is 0 Å². The average molecular weight is 257 g/mol. The van der Waals surface area contributed by atoms with Crippen molar-refractivity contribution in [2.24, 2.45) is 0 Å². The Morgan fingerprint density at radius 3 is 2.94 bits per heavy atom. The SMILES string of the molecule is COCCNC(=O)CCNCC1CCCCN1C. The Bertz CT molecular complexity index is 236. The molecule has 1 fully saturated rings. The van der Waals surface area contributed by atoms with E-state index in [1.165, 1.54) is 25.8 Å². The standard InChI is InChI=1S/C13H27N3O2/c1-16-9-4-3-5-12(16)11-14-7-6-13(17)15-8-10-18-2/h12,14H,3-11H2,1-2H3,(H,15,17). The van der Waals surface area contributed by atoms with Crippen LogP contribution in [0.2, 0.25) is 0 Å². The van der Waals surface area contributed by atoms with E-state index < -0.39 is 0 Å². The highest BCUT2D eigenvalue weighted by Crippen LogP contribution is 2.13. The molecule has 1 rings (SSSR count). The van der Waals surface area contributed by atoms with Crippen LogP contribution >= 0.6 is 0 Å². The van der Waals surface area contributed by atoms with Crippen LogP contribution in [0.25, 0.3) is 0 Å². The highest BCUT2D eigenvalue weighted by Gasteiger charge is 2.17. The summed E-state index contributed by atoms with van der Waals surface area (Å²) in [7, 11) is 3.82. The number of ether oxygens (including phenoxy) is 1. The summed E-state index contributed by atoms with van der Waals surface area (Å²) in [5.74, 6) is 0.0940. The summed E-state index contributed by atoms with van der Waals surface area (Å²) in [4.78, 5) is 13.8. The summed E-state index contributed by atoms with van der Waals surface area (Å²) in [6, 6.07) is 0.635. The molecule has 1 atom stereocenters. The highest BCUT2D eigenvalue weighted by atomic mass is 16.5. The maximum Gasteiger partial charge on any atom is 0.221 e. The van der Waals surface area contributed by atoms with Crippen molar-refractivity contribution in [2.45, 2.75) is 31.7 Å². The quantitative estimate of drug-likeness (QED) is 0.611. The molecule has 1 aliphatic rings. The third kappa shape index (κ3) is 6.33. The number of piperidine rings is 1. The third-order valence-electron chi connectivity index (χ3n) is 3.46. The van der Waals surface area contributed by atoms with Crippen LogP contribution in [0, 0.1) is 0 Å². The first-order valence-electron chi connectivity index (χ1n) is 6.90. The van der Waals surface area contributed by atoms with Gasteiger partial charge in [0, 0.05) is 39.2 Å². The molecule has 1 aliphatic heterocycles.